The second kappa shape index (κ2) is 6.99. The van der Waals surface area contributed by atoms with E-state index in [1.165, 1.54) is 11.3 Å². The van der Waals surface area contributed by atoms with Gasteiger partial charge in [-0.15, -0.1) is 10.2 Å². The Morgan fingerprint density at radius 2 is 1.92 bits per heavy atom. The van der Waals surface area contributed by atoms with E-state index < -0.39 is 0 Å². The van der Waals surface area contributed by atoms with Crippen molar-refractivity contribution < 1.29 is 0 Å². The molecule has 0 unspecified atom stereocenters. The van der Waals surface area contributed by atoms with Crippen molar-refractivity contribution in [2.24, 2.45) is 0 Å². The molecule has 3 aromatic heterocycles. The van der Waals surface area contributed by atoms with Gasteiger partial charge in [-0.05, 0) is 43.7 Å². The molecular weight excluding hydrogens is 344 g/mol. The van der Waals surface area contributed by atoms with Crippen LogP contribution in [0.1, 0.15) is 17.0 Å². The zero-order chi connectivity index (χ0) is 18.1. The molecule has 134 valence electrons. The Morgan fingerprint density at radius 1 is 1.12 bits per heavy atom. The Balaban J connectivity index is 1.38. The number of aromatic nitrogens is 4. The van der Waals surface area contributed by atoms with Gasteiger partial charge in [0.2, 0.25) is 0 Å². The molecule has 6 nitrogen and oxygen atoms in total. The molecular formula is C19H22N6S. The van der Waals surface area contributed by atoms with Gasteiger partial charge < -0.3 is 9.80 Å². The van der Waals surface area contributed by atoms with Crippen LogP contribution in [0.15, 0.2) is 36.8 Å². The van der Waals surface area contributed by atoms with Gasteiger partial charge in [0, 0.05) is 50.2 Å². The molecule has 0 atom stereocenters. The minimum Gasteiger partial charge on any atom is -0.367 e. The molecule has 1 saturated heterocycles. The van der Waals surface area contributed by atoms with Gasteiger partial charge in [0.15, 0.2) is 5.65 Å². The van der Waals surface area contributed by atoms with Crippen molar-refractivity contribution in [3.05, 3.63) is 53.7 Å². The van der Waals surface area contributed by atoms with Gasteiger partial charge in [-0.1, -0.05) is 12.2 Å². The molecule has 1 fully saturated rings. The van der Waals surface area contributed by atoms with Crippen LogP contribution < -0.4 is 4.90 Å². The lowest BCUT2D eigenvalue weighted by molar-refractivity contribution is 0.386. The van der Waals surface area contributed by atoms with Gasteiger partial charge >= 0.3 is 0 Å². The highest BCUT2D eigenvalue weighted by Gasteiger charge is 2.20. The highest BCUT2D eigenvalue weighted by Crippen LogP contribution is 2.18. The normalized spacial score (nSPS) is 14.8. The fourth-order valence-corrected chi connectivity index (χ4v) is 3.83. The summed E-state index contributed by atoms with van der Waals surface area (Å²) in [7, 11) is 0. The van der Waals surface area contributed by atoms with Crippen molar-refractivity contribution in [1.29, 1.82) is 0 Å². The molecule has 7 heteroatoms. The Hall–Kier alpha value is -2.54. The smallest absolute Gasteiger partial charge is 0.160 e. The predicted molar refractivity (Wildman–Crippen MR) is 107 cm³/mol. The third-order valence-corrected chi connectivity index (χ3v) is 5.16. The van der Waals surface area contributed by atoms with E-state index in [-0.39, 0.29) is 0 Å². The minimum atomic E-state index is 0.741. The van der Waals surface area contributed by atoms with E-state index in [0.717, 1.165) is 54.6 Å². The Labute approximate surface area is 158 Å². The Kier molecular flexibility index (Phi) is 4.55. The van der Waals surface area contributed by atoms with Crippen LogP contribution in [-0.2, 0) is 6.42 Å². The number of aryl methyl sites for hydroxylation is 2. The molecule has 3 aromatic rings. The van der Waals surface area contributed by atoms with Crippen molar-refractivity contribution >= 4 is 28.5 Å². The maximum atomic E-state index is 5.70. The van der Waals surface area contributed by atoms with Gasteiger partial charge in [0.05, 0.1) is 10.7 Å². The standard InChI is InChI=1S/C19H22N6S/c1-14-9-15(2)21-16(10-14)11-19(26)24-7-5-23(6-8-24)17-3-4-18-22-20-13-25(18)12-17/h3-4,9-10,12-13H,5-8,11H2,1-2H3. The van der Waals surface area contributed by atoms with Crippen LogP contribution in [0.3, 0.4) is 0 Å². The summed E-state index contributed by atoms with van der Waals surface area (Å²) in [6.07, 6.45) is 4.56. The SMILES string of the molecule is Cc1cc(C)nc(CC(=S)N2CCN(c3ccc4nncn4c3)CC2)c1. The fourth-order valence-electron chi connectivity index (χ4n) is 3.50. The molecule has 1 aliphatic heterocycles. The monoisotopic (exact) mass is 366 g/mol. The summed E-state index contributed by atoms with van der Waals surface area (Å²) < 4.78 is 1.96. The number of anilines is 1. The van der Waals surface area contributed by atoms with Gasteiger partial charge in [0.1, 0.15) is 6.33 Å². The Bertz CT molecular complexity index is 922. The van der Waals surface area contributed by atoms with E-state index in [2.05, 4.69) is 56.3 Å². The second-order valence-corrected chi connectivity index (χ2v) is 7.28. The van der Waals surface area contributed by atoms with Gasteiger partial charge in [-0.2, -0.15) is 0 Å². The molecule has 0 aliphatic carbocycles. The lowest BCUT2D eigenvalue weighted by Crippen LogP contribution is -2.48. The van der Waals surface area contributed by atoms with Crippen LogP contribution in [-0.4, -0.2) is 55.6 Å². The molecule has 4 rings (SSSR count). The van der Waals surface area contributed by atoms with Crippen molar-refractivity contribution in [3.8, 4) is 0 Å². The fraction of sp³-hybridized carbons (Fsp3) is 0.368. The number of fused-ring (bicyclic) bond motifs is 1. The van der Waals surface area contributed by atoms with Gasteiger partial charge in [0.25, 0.3) is 0 Å². The molecule has 0 radical (unpaired) electrons. The summed E-state index contributed by atoms with van der Waals surface area (Å²) >= 11 is 5.70. The van der Waals surface area contributed by atoms with Crippen molar-refractivity contribution in [2.45, 2.75) is 20.3 Å². The second-order valence-electron chi connectivity index (χ2n) is 6.81. The van der Waals surface area contributed by atoms with Crippen molar-refractivity contribution in [2.75, 3.05) is 31.1 Å². The molecule has 0 bridgehead atoms. The van der Waals surface area contributed by atoms with Crippen LogP contribution in [0.5, 0.6) is 0 Å². The quantitative estimate of drug-likeness (QED) is 0.664. The molecule has 0 N–H and O–H groups in total. The average Bonchev–Trinajstić information content (AvgIpc) is 3.08. The van der Waals surface area contributed by atoms with Crippen LogP contribution in [0, 0.1) is 13.8 Å². The van der Waals surface area contributed by atoms with Crippen molar-refractivity contribution in [3.63, 3.8) is 0 Å². The lowest BCUT2D eigenvalue weighted by atomic mass is 10.1. The first-order valence-corrected chi connectivity index (χ1v) is 9.25. The van der Waals surface area contributed by atoms with Gasteiger partial charge in [-0.3, -0.25) is 9.38 Å². The number of pyridine rings is 2. The number of hydrogen-bond acceptors (Lipinski definition) is 5. The summed E-state index contributed by atoms with van der Waals surface area (Å²) in [5.74, 6) is 0. The number of piperazine rings is 1. The summed E-state index contributed by atoms with van der Waals surface area (Å²) in [6, 6.07) is 8.34. The summed E-state index contributed by atoms with van der Waals surface area (Å²) in [5, 5.41) is 7.99. The number of thiocarbonyl (C=S) groups is 1. The van der Waals surface area contributed by atoms with Crippen molar-refractivity contribution in [1.82, 2.24) is 24.5 Å². The molecule has 0 amide bonds. The average molecular weight is 366 g/mol. The highest BCUT2D eigenvalue weighted by atomic mass is 32.1. The van der Waals surface area contributed by atoms with Gasteiger partial charge in [-0.25, -0.2) is 0 Å². The molecule has 0 spiro atoms. The summed E-state index contributed by atoms with van der Waals surface area (Å²) in [5.41, 5.74) is 5.42. The molecule has 1 aliphatic rings. The topological polar surface area (TPSA) is 49.6 Å². The number of rotatable bonds is 3. The van der Waals surface area contributed by atoms with E-state index in [9.17, 15) is 0 Å². The summed E-state index contributed by atoms with van der Waals surface area (Å²) in [6.45, 7) is 7.91. The van der Waals surface area contributed by atoms with E-state index in [1.807, 2.05) is 17.4 Å². The molecule has 0 saturated carbocycles. The van der Waals surface area contributed by atoms with E-state index in [1.54, 1.807) is 6.33 Å². The summed E-state index contributed by atoms with van der Waals surface area (Å²) in [4.78, 5) is 10.3. The van der Waals surface area contributed by atoms with Crippen LogP contribution >= 0.6 is 12.2 Å². The van der Waals surface area contributed by atoms with Crippen LogP contribution in [0.25, 0.3) is 5.65 Å². The first-order chi connectivity index (χ1) is 12.6. The van der Waals surface area contributed by atoms with Crippen LogP contribution in [0.2, 0.25) is 0 Å². The zero-order valence-corrected chi connectivity index (χ0v) is 15.9. The third kappa shape index (κ3) is 3.53. The first-order valence-electron chi connectivity index (χ1n) is 8.85. The number of hydrogen-bond donors (Lipinski definition) is 0. The van der Waals surface area contributed by atoms with E-state index in [4.69, 9.17) is 12.2 Å². The minimum absolute atomic E-state index is 0.741. The largest absolute Gasteiger partial charge is 0.367 e. The Morgan fingerprint density at radius 3 is 2.69 bits per heavy atom. The lowest BCUT2D eigenvalue weighted by Gasteiger charge is -2.37. The highest BCUT2D eigenvalue weighted by molar-refractivity contribution is 7.80. The predicted octanol–water partition coefficient (Wildman–Crippen LogP) is 2.43. The molecule has 0 aromatic carbocycles. The first kappa shape index (κ1) is 16.9. The maximum absolute atomic E-state index is 5.70. The van der Waals surface area contributed by atoms with E-state index >= 15 is 0 Å². The van der Waals surface area contributed by atoms with E-state index in [0.29, 0.717) is 0 Å². The zero-order valence-electron chi connectivity index (χ0n) is 15.1. The number of nitrogens with zero attached hydrogens (tertiary/aromatic N) is 6. The maximum Gasteiger partial charge on any atom is 0.160 e. The third-order valence-electron chi connectivity index (χ3n) is 4.76. The molecule has 4 heterocycles. The van der Waals surface area contributed by atoms with Crippen LogP contribution in [0.4, 0.5) is 5.69 Å². The molecule has 26 heavy (non-hydrogen) atoms.